The van der Waals surface area contributed by atoms with Crippen molar-refractivity contribution in [2.24, 2.45) is 0 Å². The van der Waals surface area contributed by atoms with Crippen molar-refractivity contribution in [1.29, 1.82) is 0 Å². The molecule has 1 aromatic rings. The largest absolute Gasteiger partial charge is 0.469 e. The molecule has 150 valence electrons. The van der Waals surface area contributed by atoms with Crippen LogP contribution in [0.25, 0.3) is 0 Å². The van der Waals surface area contributed by atoms with Crippen molar-refractivity contribution in [3.05, 3.63) is 35.9 Å². The maximum absolute atomic E-state index is 12.4. The van der Waals surface area contributed by atoms with Gasteiger partial charge in [-0.15, -0.1) is 5.06 Å². The molecule has 6 nitrogen and oxygen atoms in total. The molecule has 1 aliphatic heterocycles. The van der Waals surface area contributed by atoms with Gasteiger partial charge in [0.25, 0.3) is 0 Å². The van der Waals surface area contributed by atoms with Gasteiger partial charge < -0.3 is 14.0 Å². The normalized spacial score (nSPS) is 21.1. The Kier molecular flexibility index (Phi) is 6.83. The van der Waals surface area contributed by atoms with Crippen LogP contribution in [0.15, 0.2) is 30.3 Å². The molecule has 0 bridgehead atoms. The van der Waals surface area contributed by atoms with Crippen LogP contribution in [0.1, 0.15) is 44.0 Å². The molecule has 1 aliphatic rings. The van der Waals surface area contributed by atoms with Gasteiger partial charge in [-0.3, -0.25) is 4.79 Å². The predicted octanol–water partition coefficient (Wildman–Crippen LogP) is 3.79. The third kappa shape index (κ3) is 5.64. The van der Waals surface area contributed by atoms with E-state index in [9.17, 15) is 9.59 Å². The van der Waals surface area contributed by atoms with E-state index in [0.717, 1.165) is 0 Å². The first-order valence-electron chi connectivity index (χ1n) is 9.32. The zero-order chi connectivity index (χ0) is 20.2. The summed E-state index contributed by atoms with van der Waals surface area (Å²) < 4.78 is 11.3. The lowest BCUT2D eigenvalue weighted by atomic mass is 10.1. The molecule has 0 amide bonds. The van der Waals surface area contributed by atoms with Crippen LogP contribution in [-0.4, -0.2) is 51.1 Å². The first kappa shape index (κ1) is 21.6. The molecule has 0 aromatic heterocycles. The van der Waals surface area contributed by atoms with Crippen LogP contribution >= 0.6 is 0 Å². The molecule has 0 radical (unpaired) electrons. The Labute approximate surface area is 162 Å². The third-order valence-electron chi connectivity index (χ3n) is 5.43. The van der Waals surface area contributed by atoms with Crippen LogP contribution in [-0.2, 0) is 18.8 Å². The van der Waals surface area contributed by atoms with Gasteiger partial charge in [0.15, 0.2) is 8.32 Å². The zero-order valence-corrected chi connectivity index (χ0v) is 18.2. The van der Waals surface area contributed by atoms with E-state index in [1.165, 1.54) is 7.11 Å². The van der Waals surface area contributed by atoms with Crippen molar-refractivity contribution in [1.82, 2.24) is 5.06 Å². The summed E-state index contributed by atoms with van der Waals surface area (Å²) in [6.07, 6.45) is 0.712. The van der Waals surface area contributed by atoms with Crippen LogP contribution in [0.2, 0.25) is 18.1 Å². The van der Waals surface area contributed by atoms with Crippen molar-refractivity contribution in [3.63, 3.8) is 0 Å². The second-order valence-electron chi connectivity index (χ2n) is 8.51. The highest BCUT2D eigenvalue weighted by molar-refractivity contribution is 6.74. The molecule has 27 heavy (non-hydrogen) atoms. The molecule has 7 heteroatoms. The highest BCUT2D eigenvalue weighted by atomic mass is 28.4. The topological polar surface area (TPSA) is 65.1 Å². The van der Waals surface area contributed by atoms with Crippen molar-refractivity contribution >= 4 is 20.3 Å². The van der Waals surface area contributed by atoms with E-state index in [-0.39, 0.29) is 29.6 Å². The van der Waals surface area contributed by atoms with Crippen LogP contribution in [0, 0.1) is 0 Å². The van der Waals surface area contributed by atoms with Gasteiger partial charge in [-0.1, -0.05) is 39.0 Å². The lowest BCUT2D eigenvalue weighted by Gasteiger charge is -2.38. The molecule has 1 unspecified atom stereocenters. The number of benzene rings is 1. The predicted molar refractivity (Wildman–Crippen MR) is 106 cm³/mol. The van der Waals surface area contributed by atoms with Crippen molar-refractivity contribution in [3.8, 4) is 0 Å². The number of hydrogen-bond donors (Lipinski definition) is 0. The summed E-state index contributed by atoms with van der Waals surface area (Å²) in [6, 6.07) is 8.58. The van der Waals surface area contributed by atoms with Crippen molar-refractivity contribution < 1.29 is 23.6 Å². The Morgan fingerprint density at radius 2 is 1.81 bits per heavy atom. The molecular formula is C20H31NO5Si. The van der Waals surface area contributed by atoms with Crippen molar-refractivity contribution in [2.75, 3.05) is 13.7 Å². The number of hydroxylamine groups is 2. The quantitative estimate of drug-likeness (QED) is 0.541. The maximum atomic E-state index is 12.4. The fourth-order valence-corrected chi connectivity index (χ4v) is 4.19. The molecule has 0 spiro atoms. The Morgan fingerprint density at radius 3 is 2.37 bits per heavy atom. The molecule has 1 heterocycles. The lowest BCUT2D eigenvalue weighted by molar-refractivity contribution is -0.151. The molecule has 0 saturated carbocycles. The number of carbonyl (C=O) groups is 2. The van der Waals surface area contributed by atoms with E-state index in [0.29, 0.717) is 18.5 Å². The highest BCUT2D eigenvalue weighted by Gasteiger charge is 2.44. The second-order valence-corrected chi connectivity index (χ2v) is 13.3. The zero-order valence-electron chi connectivity index (χ0n) is 17.2. The summed E-state index contributed by atoms with van der Waals surface area (Å²) in [6.45, 7) is 11.4. The van der Waals surface area contributed by atoms with Gasteiger partial charge >= 0.3 is 11.9 Å². The molecular weight excluding hydrogens is 362 g/mol. The first-order chi connectivity index (χ1) is 12.5. The Balaban J connectivity index is 2.10. The van der Waals surface area contributed by atoms with E-state index >= 15 is 0 Å². The van der Waals surface area contributed by atoms with Crippen molar-refractivity contribution in [2.45, 2.75) is 63.9 Å². The van der Waals surface area contributed by atoms with Crippen LogP contribution in [0.3, 0.4) is 0 Å². The van der Waals surface area contributed by atoms with Crippen LogP contribution < -0.4 is 0 Å². The fourth-order valence-electron chi connectivity index (χ4n) is 2.83. The minimum absolute atomic E-state index is 0.0795. The number of hydrogen-bond acceptors (Lipinski definition) is 6. The van der Waals surface area contributed by atoms with Gasteiger partial charge in [0.05, 0.1) is 37.8 Å². The summed E-state index contributed by atoms with van der Waals surface area (Å²) in [5, 5.41) is 1.67. The van der Waals surface area contributed by atoms with Crippen LogP contribution in [0.4, 0.5) is 0 Å². The lowest BCUT2D eigenvalue weighted by Crippen LogP contribution is -2.44. The minimum Gasteiger partial charge on any atom is -0.469 e. The van der Waals surface area contributed by atoms with Crippen LogP contribution in [0.5, 0.6) is 0 Å². The molecule has 0 N–H and O–H groups in total. The van der Waals surface area contributed by atoms with Gasteiger partial charge in [0, 0.05) is 0 Å². The summed E-state index contributed by atoms with van der Waals surface area (Å²) >= 11 is 0. The minimum atomic E-state index is -1.96. The number of rotatable bonds is 6. The Hall–Kier alpha value is -1.70. The van der Waals surface area contributed by atoms with E-state index < -0.39 is 14.3 Å². The average Bonchev–Trinajstić information content (AvgIpc) is 2.94. The fraction of sp³-hybridized carbons (Fsp3) is 0.600. The van der Waals surface area contributed by atoms with E-state index in [1.807, 2.05) is 6.07 Å². The summed E-state index contributed by atoms with van der Waals surface area (Å²) in [4.78, 5) is 29.8. The SMILES string of the molecule is COC(=O)CC1C[C@@H](O[Si](C)(C)C(C)(C)C)CN1OC(=O)c1ccccc1. The smallest absolute Gasteiger partial charge is 0.357 e. The van der Waals surface area contributed by atoms with Gasteiger partial charge in [0.2, 0.25) is 0 Å². The number of nitrogens with zero attached hydrogens (tertiary/aromatic N) is 1. The monoisotopic (exact) mass is 393 g/mol. The molecule has 2 rings (SSSR count). The first-order valence-corrected chi connectivity index (χ1v) is 12.2. The van der Waals surface area contributed by atoms with Gasteiger partial charge in [0.1, 0.15) is 0 Å². The van der Waals surface area contributed by atoms with Gasteiger partial charge in [-0.05, 0) is 36.7 Å². The van der Waals surface area contributed by atoms with E-state index in [2.05, 4.69) is 33.9 Å². The number of esters is 1. The van der Waals surface area contributed by atoms with E-state index in [4.69, 9.17) is 14.0 Å². The second kappa shape index (κ2) is 8.54. The Bertz CT molecular complexity index is 656. The molecule has 1 fully saturated rings. The standard InChI is InChI=1S/C20H31NO5Si/c1-20(2,3)27(5,6)26-17-12-16(13-18(22)24-4)21(14-17)25-19(23)15-10-8-7-9-11-15/h7-11,16-17H,12-14H2,1-6H3/t16?,17-/m1/s1. The molecule has 1 aromatic carbocycles. The number of ether oxygens (including phenoxy) is 1. The van der Waals surface area contributed by atoms with E-state index in [1.54, 1.807) is 29.3 Å². The van der Waals surface area contributed by atoms with Gasteiger partial charge in [-0.25, -0.2) is 4.79 Å². The molecule has 2 atom stereocenters. The number of carbonyl (C=O) groups excluding carboxylic acids is 2. The summed E-state index contributed by atoms with van der Waals surface area (Å²) in [5.41, 5.74) is 0.475. The summed E-state index contributed by atoms with van der Waals surface area (Å²) in [7, 11) is -0.602. The summed E-state index contributed by atoms with van der Waals surface area (Å²) in [5.74, 6) is -0.757. The average molecular weight is 394 g/mol. The molecule has 1 saturated heterocycles. The number of methoxy groups -OCH3 is 1. The maximum Gasteiger partial charge on any atom is 0.357 e. The van der Waals surface area contributed by atoms with Gasteiger partial charge in [-0.2, -0.15) is 0 Å². The highest BCUT2D eigenvalue weighted by Crippen LogP contribution is 2.39. The third-order valence-corrected chi connectivity index (χ3v) is 9.97. The Morgan fingerprint density at radius 1 is 1.19 bits per heavy atom. The molecule has 0 aliphatic carbocycles.